The van der Waals surface area contributed by atoms with E-state index >= 15 is 0 Å². The molecule has 6 N–H and O–H groups in total. The predicted molar refractivity (Wildman–Crippen MR) is 130 cm³/mol. The van der Waals surface area contributed by atoms with Gasteiger partial charge in [-0.25, -0.2) is 9.07 Å². The van der Waals surface area contributed by atoms with E-state index in [0.29, 0.717) is 10.9 Å². The van der Waals surface area contributed by atoms with Crippen LogP contribution in [0.25, 0.3) is 11.0 Å². The number of fused-ring (bicyclic) bond motifs is 1. The maximum absolute atomic E-state index is 13.6. The summed E-state index contributed by atoms with van der Waals surface area (Å²) in [6, 6.07) is 5.50. The lowest BCUT2D eigenvalue weighted by molar-refractivity contribution is -0.117. The molecule has 0 saturated heterocycles. The fraction of sp³-hybridized carbons (Fsp3) is 0.421. The maximum Gasteiger partial charge on any atom is 0.340 e. The van der Waals surface area contributed by atoms with Crippen LogP contribution >= 0.6 is 26.8 Å². The smallest absolute Gasteiger partial charge is 0.340 e. The molecule has 3 aromatic rings. The van der Waals surface area contributed by atoms with Crippen LogP contribution in [0.5, 0.6) is 0 Å². The highest BCUT2D eigenvalue weighted by Gasteiger charge is 2.35. The van der Waals surface area contributed by atoms with Crippen LogP contribution in [0.1, 0.15) is 24.8 Å². The molecule has 1 aromatic carbocycles. The maximum atomic E-state index is 13.6. The molecular weight excluding hydrogens is 559 g/mol. The van der Waals surface area contributed by atoms with E-state index in [9.17, 15) is 28.6 Å². The molecular formula is C19H25ClFN5O9P2. The highest BCUT2D eigenvalue weighted by Crippen LogP contribution is 2.55. The number of anilines is 1. The summed E-state index contributed by atoms with van der Waals surface area (Å²) >= 11 is 6.06. The molecule has 1 unspecified atom stereocenters. The number of nitrogens with one attached hydrogen (secondary N) is 1. The summed E-state index contributed by atoms with van der Waals surface area (Å²) in [4.78, 5) is 35.6. The van der Waals surface area contributed by atoms with Gasteiger partial charge >= 0.3 is 15.2 Å². The zero-order valence-electron chi connectivity index (χ0n) is 19.4. The van der Waals surface area contributed by atoms with Gasteiger partial charge in [0.1, 0.15) is 23.8 Å². The van der Waals surface area contributed by atoms with Gasteiger partial charge in [0, 0.05) is 7.11 Å². The van der Waals surface area contributed by atoms with Gasteiger partial charge < -0.3 is 39.5 Å². The van der Waals surface area contributed by atoms with Crippen LogP contribution in [0.2, 0.25) is 5.28 Å². The van der Waals surface area contributed by atoms with E-state index < -0.39 is 58.0 Å². The van der Waals surface area contributed by atoms with Crippen LogP contribution in [-0.2, 0) is 18.4 Å². The van der Waals surface area contributed by atoms with Crippen molar-refractivity contribution in [1.82, 2.24) is 19.7 Å². The zero-order chi connectivity index (χ0) is 27.5. The first-order chi connectivity index (χ1) is 17.2. The fourth-order valence-corrected chi connectivity index (χ4v) is 6.11. The van der Waals surface area contributed by atoms with Crippen LogP contribution in [-0.4, -0.2) is 76.5 Å². The molecule has 0 aliphatic carbocycles. The predicted octanol–water partition coefficient (Wildman–Crippen LogP) is 2.00. The van der Waals surface area contributed by atoms with E-state index in [-0.39, 0.29) is 16.7 Å². The Morgan fingerprint density at radius 1 is 1.22 bits per heavy atom. The summed E-state index contributed by atoms with van der Waals surface area (Å²) in [7, 11) is -8.48. The molecule has 3 rings (SSSR count). The van der Waals surface area contributed by atoms with Crippen molar-refractivity contribution in [2.45, 2.75) is 31.4 Å². The topological polar surface area (TPSA) is 209 Å². The van der Waals surface area contributed by atoms with Gasteiger partial charge in [-0.1, -0.05) is 12.1 Å². The molecule has 0 aliphatic rings. The Bertz CT molecular complexity index is 1340. The van der Waals surface area contributed by atoms with E-state index in [1.54, 1.807) is 19.1 Å². The fourth-order valence-electron chi connectivity index (χ4n) is 3.37. The standard InChI is InChI=1S/C19H25ClFN5O9P2/c1-10(11-4-3-5-12(21)6-11)23-16-13-7-22-26(17(13)25-19(20)24-16)18(28)15(27)14(34-2)8-35-37(32,33)9-36(29,30)31/h3-7,10,14-15,18,27-28H,8-9H2,1-2H3,(H,32,33)(H,23,24,25)(H2,29,30,31)/t10-,14-,15-,18-/m1/s1. The second-order valence-electron chi connectivity index (χ2n) is 8.01. The van der Waals surface area contributed by atoms with Gasteiger partial charge in [0.2, 0.25) is 5.28 Å². The minimum Gasteiger partial charge on any atom is -0.386 e. The Morgan fingerprint density at radius 2 is 1.92 bits per heavy atom. The summed E-state index contributed by atoms with van der Waals surface area (Å²) in [5.41, 5.74) is 0.624. The average molecular weight is 584 g/mol. The van der Waals surface area contributed by atoms with E-state index in [1.165, 1.54) is 18.3 Å². The lowest BCUT2D eigenvalue weighted by Gasteiger charge is -2.26. The number of ether oxygens (including phenoxy) is 1. The zero-order valence-corrected chi connectivity index (χ0v) is 22.0. The van der Waals surface area contributed by atoms with Crippen LogP contribution in [0.4, 0.5) is 10.2 Å². The molecule has 204 valence electrons. The largest absolute Gasteiger partial charge is 0.386 e. The van der Waals surface area contributed by atoms with Crippen molar-refractivity contribution in [2.75, 3.05) is 24.9 Å². The van der Waals surface area contributed by atoms with Crippen LogP contribution in [0.3, 0.4) is 0 Å². The molecule has 37 heavy (non-hydrogen) atoms. The van der Waals surface area contributed by atoms with Gasteiger partial charge in [0.05, 0.1) is 24.2 Å². The number of halogens is 2. The Labute approximate surface area is 214 Å². The Kier molecular flexibility index (Phi) is 9.41. The van der Waals surface area contributed by atoms with Crippen molar-refractivity contribution in [3.8, 4) is 0 Å². The van der Waals surface area contributed by atoms with Crippen molar-refractivity contribution in [3.05, 3.63) is 47.1 Å². The molecule has 0 aliphatic heterocycles. The summed E-state index contributed by atoms with van der Waals surface area (Å²) < 4.78 is 47.1. The van der Waals surface area contributed by atoms with Crippen LogP contribution < -0.4 is 5.32 Å². The first kappa shape index (κ1) is 29.5. The first-order valence-electron chi connectivity index (χ1n) is 10.5. The second kappa shape index (κ2) is 11.8. The van der Waals surface area contributed by atoms with Gasteiger partial charge in [-0.05, 0) is 36.2 Å². The summed E-state index contributed by atoms with van der Waals surface area (Å²) in [6.45, 7) is 0.963. The van der Waals surface area contributed by atoms with Gasteiger partial charge in [0.15, 0.2) is 17.8 Å². The van der Waals surface area contributed by atoms with E-state index in [0.717, 1.165) is 11.8 Å². The van der Waals surface area contributed by atoms with E-state index in [2.05, 4.69) is 24.9 Å². The highest BCUT2D eigenvalue weighted by atomic mass is 35.5. The number of methoxy groups -OCH3 is 1. The third kappa shape index (κ3) is 7.74. The Hall–Kier alpha value is -2.03. The van der Waals surface area contributed by atoms with Crippen molar-refractivity contribution in [2.24, 2.45) is 0 Å². The third-order valence-corrected chi connectivity index (χ3v) is 8.80. The van der Waals surface area contributed by atoms with Crippen molar-refractivity contribution < 1.29 is 47.7 Å². The molecule has 0 spiro atoms. The first-order valence-corrected chi connectivity index (χ1v) is 14.5. The van der Waals surface area contributed by atoms with Gasteiger partial charge in [0.25, 0.3) is 0 Å². The highest BCUT2D eigenvalue weighted by molar-refractivity contribution is 7.70. The number of benzene rings is 1. The lowest BCUT2D eigenvalue weighted by atomic mass is 10.1. The molecule has 14 nitrogen and oxygen atoms in total. The quantitative estimate of drug-likeness (QED) is 0.133. The van der Waals surface area contributed by atoms with Gasteiger partial charge in [-0.15, -0.1) is 0 Å². The van der Waals surface area contributed by atoms with Gasteiger partial charge in [-0.2, -0.15) is 15.1 Å². The van der Waals surface area contributed by atoms with Gasteiger partial charge in [-0.3, -0.25) is 9.13 Å². The number of aromatic nitrogens is 4. The normalized spacial score (nSPS) is 17.2. The van der Waals surface area contributed by atoms with Crippen molar-refractivity contribution in [3.63, 3.8) is 0 Å². The molecule has 0 saturated carbocycles. The van der Waals surface area contributed by atoms with Crippen molar-refractivity contribution in [1.29, 1.82) is 0 Å². The monoisotopic (exact) mass is 583 g/mol. The molecule has 18 heteroatoms. The number of aliphatic hydroxyl groups is 2. The molecule has 0 amide bonds. The van der Waals surface area contributed by atoms with Crippen LogP contribution in [0.15, 0.2) is 30.5 Å². The number of nitrogens with zero attached hydrogens (tertiary/aromatic N) is 4. The van der Waals surface area contributed by atoms with Crippen LogP contribution in [0, 0.1) is 5.82 Å². The summed E-state index contributed by atoms with van der Waals surface area (Å²) in [6.07, 6.45) is -3.76. The minimum atomic E-state index is -4.86. The second-order valence-corrected chi connectivity index (χ2v) is 12.3. The number of rotatable bonds is 12. The SMILES string of the molecule is CO[C@H](COP(=O)(O)CP(=O)(O)O)[C@@H](O)[C@@H](O)n1ncc2c(N[C@H](C)c3cccc(F)c3)nc(Cl)nc21. The number of aliphatic hydroxyl groups excluding tert-OH is 2. The molecule has 2 aromatic heterocycles. The Morgan fingerprint density at radius 3 is 2.54 bits per heavy atom. The molecule has 5 atom stereocenters. The third-order valence-electron chi connectivity index (χ3n) is 5.17. The molecule has 0 fully saturated rings. The van der Waals surface area contributed by atoms with E-state index in [4.69, 9.17) is 26.1 Å². The molecule has 0 bridgehead atoms. The summed E-state index contributed by atoms with van der Waals surface area (Å²) in [5, 5.41) is 28.6. The molecule has 2 heterocycles. The number of hydrogen-bond donors (Lipinski definition) is 6. The molecule has 0 radical (unpaired) electrons. The lowest BCUT2D eigenvalue weighted by Crippen LogP contribution is -2.39. The van der Waals surface area contributed by atoms with E-state index in [1.807, 2.05) is 0 Å². The Balaban J connectivity index is 1.82. The number of hydrogen-bond acceptors (Lipinski definition) is 10. The minimum absolute atomic E-state index is 0.00518. The average Bonchev–Trinajstić information content (AvgIpc) is 3.21. The summed E-state index contributed by atoms with van der Waals surface area (Å²) in [5.74, 6) is -1.64. The van der Waals surface area contributed by atoms with Crippen molar-refractivity contribution >= 4 is 43.6 Å².